The summed E-state index contributed by atoms with van der Waals surface area (Å²) in [6.45, 7) is 4.91. The molecule has 2 heterocycles. The van der Waals surface area contributed by atoms with Crippen molar-refractivity contribution in [1.29, 1.82) is 0 Å². The molecule has 1 aromatic heterocycles. The van der Waals surface area contributed by atoms with Crippen molar-refractivity contribution < 1.29 is 4.79 Å². The fraction of sp³-hybridized carbons (Fsp3) is 0.179. The van der Waals surface area contributed by atoms with Crippen LogP contribution in [0.1, 0.15) is 48.2 Å². The Morgan fingerprint density at radius 3 is 2.34 bits per heavy atom. The first-order chi connectivity index (χ1) is 15.6. The van der Waals surface area contributed by atoms with Crippen molar-refractivity contribution >= 4 is 11.7 Å². The number of aromatic nitrogens is 1. The smallest absolute Gasteiger partial charge is 0.318 e. The number of hydrogen-bond acceptors (Lipinski definition) is 1. The predicted molar refractivity (Wildman–Crippen MR) is 129 cm³/mol. The molecule has 0 unspecified atom stereocenters. The molecule has 3 aromatic carbocycles. The molecule has 0 spiro atoms. The molecule has 0 saturated carbocycles. The van der Waals surface area contributed by atoms with Crippen LogP contribution in [-0.2, 0) is 6.54 Å². The Labute approximate surface area is 189 Å². The molecule has 160 valence electrons. The fourth-order valence-corrected chi connectivity index (χ4v) is 4.47. The summed E-state index contributed by atoms with van der Waals surface area (Å²) in [6.07, 6.45) is 2.09. The van der Waals surface area contributed by atoms with Gasteiger partial charge in [0.2, 0.25) is 0 Å². The number of carbonyl (C=O) groups is 1. The van der Waals surface area contributed by atoms with E-state index >= 15 is 0 Å². The molecule has 4 aromatic rings. The summed E-state index contributed by atoms with van der Waals surface area (Å²) < 4.78 is 2.21. The monoisotopic (exact) mass is 421 g/mol. The van der Waals surface area contributed by atoms with Crippen LogP contribution in [0, 0.1) is 0 Å². The van der Waals surface area contributed by atoms with Crippen molar-refractivity contribution in [3.63, 3.8) is 0 Å². The van der Waals surface area contributed by atoms with E-state index in [2.05, 4.69) is 84.5 Å². The summed E-state index contributed by atoms with van der Waals surface area (Å²) in [6, 6.07) is 30.5. The maximum atomic E-state index is 13.6. The average Bonchev–Trinajstić information content (AvgIpc) is 3.24. The second kappa shape index (κ2) is 8.39. The predicted octanol–water partition coefficient (Wildman–Crippen LogP) is 6.74. The van der Waals surface area contributed by atoms with Crippen LogP contribution in [0.4, 0.5) is 10.5 Å². The Hall–Kier alpha value is -3.79. The number of carbonyl (C=O) groups excluding carboxylic acids is 1. The zero-order chi connectivity index (χ0) is 22.1. The third-order valence-corrected chi connectivity index (χ3v) is 6.17. The zero-order valence-corrected chi connectivity index (χ0v) is 18.4. The van der Waals surface area contributed by atoms with Crippen molar-refractivity contribution in [2.75, 3.05) is 5.32 Å². The van der Waals surface area contributed by atoms with Gasteiger partial charge >= 0.3 is 6.03 Å². The Kier molecular flexibility index (Phi) is 5.28. The highest BCUT2D eigenvalue weighted by molar-refractivity contribution is 5.90. The molecule has 5 rings (SSSR count). The highest BCUT2D eigenvalue weighted by Gasteiger charge is 2.33. The van der Waals surface area contributed by atoms with E-state index in [0.717, 1.165) is 28.2 Å². The van der Waals surface area contributed by atoms with E-state index in [9.17, 15) is 4.79 Å². The lowest BCUT2D eigenvalue weighted by Crippen LogP contribution is -2.37. The largest absolute Gasteiger partial charge is 0.322 e. The highest BCUT2D eigenvalue weighted by Crippen LogP contribution is 2.37. The molecular weight excluding hydrogens is 394 g/mol. The van der Waals surface area contributed by atoms with Crippen molar-refractivity contribution in [1.82, 2.24) is 9.47 Å². The molecule has 1 aliphatic rings. The lowest BCUT2D eigenvalue weighted by atomic mass is 9.97. The molecule has 1 aliphatic heterocycles. The fourth-order valence-electron chi connectivity index (χ4n) is 4.47. The van der Waals surface area contributed by atoms with Crippen LogP contribution < -0.4 is 5.32 Å². The van der Waals surface area contributed by atoms with E-state index < -0.39 is 0 Å². The minimum Gasteiger partial charge on any atom is -0.318 e. The molecule has 4 heteroatoms. The van der Waals surface area contributed by atoms with Gasteiger partial charge in [-0.15, -0.1) is 0 Å². The standard InChI is InChI=1S/C28H27N3O/c1-20(2)21-14-16-22(17-15-21)27-26-13-8-18-30(26)25-12-7-6-9-23(25)19-31(27)28(32)29-24-10-4-3-5-11-24/h3-18,20,27H,19H2,1-2H3,(H,29,32)/t27-/m0/s1. The van der Waals surface area contributed by atoms with Gasteiger partial charge < -0.3 is 14.8 Å². The van der Waals surface area contributed by atoms with Crippen molar-refractivity contribution in [3.05, 3.63) is 120 Å². The molecule has 0 aliphatic carbocycles. The van der Waals surface area contributed by atoms with E-state index in [1.165, 1.54) is 5.56 Å². The molecule has 0 fully saturated rings. The number of anilines is 1. The van der Waals surface area contributed by atoms with Gasteiger partial charge in [0.25, 0.3) is 0 Å². The Bertz CT molecular complexity index is 1230. The van der Waals surface area contributed by atoms with E-state index in [1.54, 1.807) is 0 Å². The van der Waals surface area contributed by atoms with E-state index in [-0.39, 0.29) is 12.1 Å². The van der Waals surface area contributed by atoms with Gasteiger partial charge in [0.15, 0.2) is 0 Å². The quantitative estimate of drug-likeness (QED) is 0.391. The topological polar surface area (TPSA) is 37.3 Å². The van der Waals surface area contributed by atoms with Gasteiger partial charge in [0, 0.05) is 17.6 Å². The van der Waals surface area contributed by atoms with Crippen molar-refractivity contribution in [2.45, 2.75) is 32.4 Å². The van der Waals surface area contributed by atoms with Gasteiger partial charge in [-0.25, -0.2) is 4.79 Å². The zero-order valence-electron chi connectivity index (χ0n) is 18.4. The number of para-hydroxylation sites is 2. The Morgan fingerprint density at radius 2 is 1.59 bits per heavy atom. The van der Waals surface area contributed by atoms with E-state index in [1.807, 2.05) is 41.3 Å². The molecular formula is C28H27N3O. The first kappa shape index (κ1) is 20.1. The second-order valence-corrected chi connectivity index (χ2v) is 8.58. The number of amides is 2. The second-order valence-electron chi connectivity index (χ2n) is 8.58. The Balaban J connectivity index is 1.62. The number of urea groups is 1. The van der Waals surface area contributed by atoms with Gasteiger partial charge in [-0.05, 0) is 52.9 Å². The van der Waals surface area contributed by atoms with E-state index in [4.69, 9.17) is 0 Å². The van der Waals surface area contributed by atoms with Crippen LogP contribution in [0.3, 0.4) is 0 Å². The van der Waals surface area contributed by atoms with Gasteiger partial charge in [-0.2, -0.15) is 0 Å². The minimum absolute atomic E-state index is 0.112. The summed E-state index contributed by atoms with van der Waals surface area (Å²) in [5, 5.41) is 3.10. The maximum absolute atomic E-state index is 13.6. The number of rotatable bonds is 3. The van der Waals surface area contributed by atoms with Gasteiger partial charge in [0.1, 0.15) is 0 Å². The van der Waals surface area contributed by atoms with E-state index in [0.29, 0.717) is 12.5 Å². The summed E-state index contributed by atoms with van der Waals surface area (Å²) in [5.74, 6) is 0.462. The van der Waals surface area contributed by atoms with Gasteiger partial charge in [-0.3, -0.25) is 0 Å². The number of fused-ring (bicyclic) bond motifs is 3. The van der Waals surface area contributed by atoms with Gasteiger partial charge in [-0.1, -0.05) is 74.5 Å². The summed E-state index contributed by atoms with van der Waals surface area (Å²) in [7, 11) is 0. The van der Waals surface area contributed by atoms with Crippen LogP contribution >= 0.6 is 0 Å². The molecule has 1 N–H and O–H groups in total. The van der Waals surface area contributed by atoms with Crippen LogP contribution in [0.5, 0.6) is 0 Å². The van der Waals surface area contributed by atoms with Crippen LogP contribution in [0.25, 0.3) is 5.69 Å². The van der Waals surface area contributed by atoms with Crippen LogP contribution in [0.15, 0.2) is 97.2 Å². The molecule has 32 heavy (non-hydrogen) atoms. The number of hydrogen-bond donors (Lipinski definition) is 1. The third-order valence-electron chi connectivity index (χ3n) is 6.17. The first-order valence-electron chi connectivity index (χ1n) is 11.1. The van der Waals surface area contributed by atoms with Gasteiger partial charge in [0.05, 0.1) is 18.3 Å². The average molecular weight is 422 g/mol. The SMILES string of the molecule is CC(C)c1ccc([C@H]2c3cccn3-c3ccccc3CN2C(=O)Nc2ccccc2)cc1. The number of nitrogens with zero attached hydrogens (tertiary/aromatic N) is 2. The molecule has 0 bridgehead atoms. The lowest BCUT2D eigenvalue weighted by Gasteiger charge is -2.31. The molecule has 0 saturated heterocycles. The molecule has 2 amide bonds. The highest BCUT2D eigenvalue weighted by atomic mass is 16.2. The summed E-state index contributed by atoms with van der Waals surface area (Å²) in [4.78, 5) is 15.6. The number of nitrogens with one attached hydrogen (secondary N) is 1. The maximum Gasteiger partial charge on any atom is 0.322 e. The van der Waals surface area contributed by atoms with Crippen molar-refractivity contribution in [3.8, 4) is 5.69 Å². The Morgan fingerprint density at radius 1 is 0.875 bits per heavy atom. The number of benzene rings is 3. The first-order valence-corrected chi connectivity index (χ1v) is 11.1. The van der Waals surface area contributed by atoms with Crippen LogP contribution in [0.2, 0.25) is 0 Å². The third kappa shape index (κ3) is 3.69. The molecule has 1 atom stereocenters. The lowest BCUT2D eigenvalue weighted by molar-refractivity contribution is 0.194. The summed E-state index contributed by atoms with van der Waals surface area (Å²) >= 11 is 0. The molecule has 4 nitrogen and oxygen atoms in total. The normalized spacial score (nSPS) is 15.1. The summed E-state index contributed by atoms with van der Waals surface area (Å²) in [5.41, 5.74) is 6.50. The van der Waals surface area contributed by atoms with Crippen LogP contribution in [-0.4, -0.2) is 15.5 Å². The van der Waals surface area contributed by atoms with Crippen molar-refractivity contribution in [2.24, 2.45) is 0 Å². The molecule has 0 radical (unpaired) electrons. The minimum atomic E-state index is -0.206.